The van der Waals surface area contributed by atoms with Gasteiger partial charge in [-0.2, -0.15) is 0 Å². The van der Waals surface area contributed by atoms with E-state index in [0.29, 0.717) is 85.3 Å². The maximum Gasteiger partial charge on any atom is 0.264 e. The quantitative estimate of drug-likeness (QED) is 0.169. The Morgan fingerprint density at radius 2 is 1.53 bits per heavy atom. The molecule has 0 spiro atoms. The summed E-state index contributed by atoms with van der Waals surface area (Å²) in [7, 11) is 3.96. The lowest BCUT2D eigenvalue weighted by atomic mass is 9.91. The zero-order valence-electron chi connectivity index (χ0n) is 32.7. The number of carbonyl (C=O) groups excluding carboxylic acids is 2. The van der Waals surface area contributed by atoms with Crippen molar-refractivity contribution in [1.82, 2.24) is 14.4 Å². The van der Waals surface area contributed by atoms with Crippen LogP contribution in [-0.4, -0.2) is 91.1 Å². The summed E-state index contributed by atoms with van der Waals surface area (Å²) in [6.07, 6.45) is 3.23. The zero-order chi connectivity index (χ0) is 39.2. The van der Waals surface area contributed by atoms with E-state index >= 15 is 9.59 Å². The van der Waals surface area contributed by atoms with Gasteiger partial charge in [0.25, 0.3) is 11.8 Å². The molecule has 11 nitrogen and oxygen atoms in total. The highest BCUT2D eigenvalue weighted by Crippen LogP contribution is 2.43. The summed E-state index contributed by atoms with van der Waals surface area (Å²) >= 11 is 6.77. The molecule has 58 heavy (non-hydrogen) atoms. The van der Waals surface area contributed by atoms with Gasteiger partial charge in [0, 0.05) is 91.9 Å². The number of carbonyl (C=O) groups is 2. The molecule has 9 rings (SSSR count). The molecule has 4 aliphatic rings. The number of morpholine rings is 1. The van der Waals surface area contributed by atoms with Crippen LogP contribution in [-0.2, 0) is 30.7 Å². The summed E-state index contributed by atoms with van der Waals surface area (Å²) < 4.78 is 19.7. The maximum absolute atomic E-state index is 15.3. The Balaban J connectivity index is 0.00000469. The van der Waals surface area contributed by atoms with E-state index in [9.17, 15) is 5.11 Å². The number of aromatic nitrogens is 1. The zero-order valence-corrected chi connectivity index (χ0v) is 34.2. The number of hydrogen-bond acceptors (Lipinski definition) is 8. The molecule has 4 aromatic carbocycles. The van der Waals surface area contributed by atoms with E-state index in [0.717, 1.165) is 59.2 Å². The van der Waals surface area contributed by atoms with Crippen molar-refractivity contribution >= 4 is 52.9 Å². The third-order valence-electron chi connectivity index (χ3n) is 11.7. The predicted molar refractivity (Wildman–Crippen MR) is 228 cm³/mol. The number of hydrogen-bond donors (Lipinski definition) is 1. The van der Waals surface area contributed by atoms with Crippen LogP contribution in [0.2, 0.25) is 5.02 Å². The molecule has 1 saturated heterocycles. The molecule has 5 heterocycles. The molecule has 0 bridgehead atoms. The molecule has 1 fully saturated rings. The number of rotatable bonds is 8. The van der Waals surface area contributed by atoms with Gasteiger partial charge in [0.2, 0.25) is 6.79 Å². The number of aromatic hydroxyl groups is 1. The molecule has 1 atom stereocenters. The molecule has 0 radical (unpaired) electrons. The maximum atomic E-state index is 15.3. The van der Waals surface area contributed by atoms with E-state index in [1.807, 2.05) is 78.5 Å². The van der Waals surface area contributed by atoms with Crippen molar-refractivity contribution in [3.05, 3.63) is 118 Å². The lowest BCUT2D eigenvalue weighted by molar-refractivity contribution is 0.0193. The van der Waals surface area contributed by atoms with Crippen molar-refractivity contribution in [3.8, 4) is 28.5 Å². The fraction of sp³-hybridized carbons (Fsp3) is 0.333. The average Bonchev–Trinajstić information content (AvgIpc) is 3.86. The van der Waals surface area contributed by atoms with Gasteiger partial charge < -0.3 is 33.7 Å². The Hall–Kier alpha value is -5.20. The monoisotopic (exact) mass is 823 g/mol. The van der Waals surface area contributed by atoms with Gasteiger partial charge in [-0.3, -0.25) is 19.4 Å². The van der Waals surface area contributed by atoms with Crippen LogP contribution < -0.4 is 19.3 Å². The lowest BCUT2D eigenvalue weighted by Crippen LogP contribution is -2.52. The summed E-state index contributed by atoms with van der Waals surface area (Å²) in [6, 6.07) is 26.0. The first-order chi connectivity index (χ1) is 27.7. The Morgan fingerprint density at radius 1 is 0.845 bits per heavy atom. The number of ether oxygens (including phenoxy) is 3. The van der Waals surface area contributed by atoms with E-state index in [1.165, 1.54) is 0 Å². The third-order valence-corrected chi connectivity index (χ3v) is 12.1. The van der Waals surface area contributed by atoms with Crippen LogP contribution in [0.15, 0.2) is 84.9 Å². The van der Waals surface area contributed by atoms with Crippen molar-refractivity contribution in [2.45, 2.75) is 44.8 Å². The summed E-state index contributed by atoms with van der Waals surface area (Å²) in [5, 5.41) is 10.9. The van der Waals surface area contributed by atoms with Crippen molar-refractivity contribution in [3.63, 3.8) is 0 Å². The van der Waals surface area contributed by atoms with Crippen molar-refractivity contribution in [2.24, 2.45) is 0 Å². The largest absolute Gasteiger partial charge is 0.508 e. The van der Waals surface area contributed by atoms with Crippen LogP contribution in [0, 0.1) is 0 Å². The van der Waals surface area contributed by atoms with E-state index in [-0.39, 0.29) is 42.8 Å². The highest BCUT2D eigenvalue weighted by molar-refractivity contribution is 6.31. The number of amides is 2. The summed E-state index contributed by atoms with van der Waals surface area (Å²) in [4.78, 5) is 38.4. The summed E-state index contributed by atoms with van der Waals surface area (Å²) in [5.74, 6) is 0.893. The van der Waals surface area contributed by atoms with Crippen LogP contribution in [0.1, 0.15) is 50.4 Å². The first-order valence-corrected chi connectivity index (χ1v) is 20.1. The smallest absolute Gasteiger partial charge is 0.264 e. The lowest BCUT2D eigenvalue weighted by Gasteiger charge is -2.41. The number of anilines is 3. The average molecular weight is 825 g/mol. The number of fused-ring (bicyclic) bond motifs is 3. The van der Waals surface area contributed by atoms with Gasteiger partial charge in [0.15, 0.2) is 11.5 Å². The molecular weight excluding hydrogens is 777 g/mol. The van der Waals surface area contributed by atoms with Crippen LogP contribution >= 0.6 is 24.0 Å². The van der Waals surface area contributed by atoms with Crippen molar-refractivity contribution < 1.29 is 28.9 Å². The van der Waals surface area contributed by atoms with Crippen LogP contribution in [0.4, 0.5) is 17.1 Å². The normalized spacial score (nSPS) is 17.2. The first-order valence-electron chi connectivity index (χ1n) is 19.7. The second-order valence-electron chi connectivity index (χ2n) is 15.4. The summed E-state index contributed by atoms with van der Waals surface area (Å²) in [5.41, 5.74) is 7.93. The second kappa shape index (κ2) is 16.6. The molecule has 0 aliphatic carbocycles. The van der Waals surface area contributed by atoms with Gasteiger partial charge in [-0.1, -0.05) is 23.7 Å². The van der Waals surface area contributed by atoms with Crippen molar-refractivity contribution in [1.29, 1.82) is 0 Å². The van der Waals surface area contributed by atoms with Gasteiger partial charge >= 0.3 is 0 Å². The van der Waals surface area contributed by atoms with Gasteiger partial charge in [0.1, 0.15) is 5.75 Å². The minimum Gasteiger partial charge on any atom is -0.508 e. The number of benzene rings is 4. The standard InChI is InChI=1S/C45H46ClN5O6.ClH/c1-47(2)30-9-11-31(12-10-30)51(32-13-15-34(52)16-14-32)45(54)38-23-41(49-17-4-3-8-40(38)49)36-24-42-43(57-28-56-42)25-37(36)44(53)50-26-29-6-5-7-39(46)35(29)22-33(50)27-48-18-20-55-21-19-48;/h5-7,9-16,23-25,33,52H,3-4,8,17-22,26-28H2,1-2H3;1H/t33-;/m0./s1. The Kier molecular flexibility index (Phi) is 11.3. The second-order valence-corrected chi connectivity index (χ2v) is 15.8. The van der Waals surface area contributed by atoms with Crippen LogP contribution in [0.25, 0.3) is 11.3 Å². The van der Waals surface area contributed by atoms with Gasteiger partial charge in [0.05, 0.1) is 24.3 Å². The molecule has 0 saturated carbocycles. The molecular formula is C45H47Cl2N5O6. The van der Waals surface area contributed by atoms with Crippen LogP contribution in [0.3, 0.4) is 0 Å². The summed E-state index contributed by atoms with van der Waals surface area (Å²) in [6.45, 7) is 4.81. The minimum absolute atomic E-state index is 0. The number of phenolic OH excluding ortho intramolecular Hbond substituents is 1. The number of nitrogens with zero attached hydrogens (tertiary/aromatic N) is 5. The molecule has 1 N–H and O–H groups in total. The molecule has 5 aromatic rings. The fourth-order valence-corrected chi connectivity index (χ4v) is 8.97. The van der Waals surface area contributed by atoms with E-state index in [2.05, 4.69) is 15.5 Å². The predicted octanol–water partition coefficient (Wildman–Crippen LogP) is 7.94. The number of phenols is 1. The van der Waals surface area contributed by atoms with E-state index < -0.39 is 0 Å². The van der Waals surface area contributed by atoms with Gasteiger partial charge in [-0.05, 0) is 110 Å². The van der Waals surface area contributed by atoms with E-state index in [1.54, 1.807) is 29.2 Å². The first kappa shape index (κ1) is 39.6. The fourth-order valence-electron chi connectivity index (χ4n) is 8.70. The molecule has 2 amide bonds. The van der Waals surface area contributed by atoms with Crippen LogP contribution in [0.5, 0.6) is 17.2 Å². The Bertz CT molecular complexity index is 2320. The van der Waals surface area contributed by atoms with Gasteiger partial charge in [-0.25, -0.2) is 0 Å². The molecule has 0 unspecified atom stereocenters. The van der Waals surface area contributed by atoms with Gasteiger partial charge in [-0.15, -0.1) is 12.4 Å². The highest BCUT2D eigenvalue weighted by Gasteiger charge is 2.37. The highest BCUT2D eigenvalue weighted by atomic mass is 35.5. The van der Waals surface area contributed by atoms with Crippen molar-refractivity contribution in [2.75, 3.05) is 63.5 Å². The minimum atomic E-state index is -0.195. The molecule has 1 aromatic heterocycles. The molecule has 4 aliphatic heterocycles. The topological polar surface area (TPSA) is 100.0 Å². The Labute approximate surface area is 349 Å². The molecule has 302 valence electrons. The Morgan fingerprint density at radius 3 is 2.26 bits per heavy atom. The number of halogens is 2. The van der Waals surface area contributed by atoms with E-state index in [4.69, 9.17) is 25.8 Å². The SMILES string of the molecule is CN(C)c1ccc(N(C(=O)c2cc(-c3cc4c(cc3C(=O)N3Cc5cccc(Cl)c5C[C@H]3CN3CCOCC3)OCO4)n3c2CCCC3)c2ccc(O)cc2)cc1.Cl. The third kappa shape index (κ3) is 7.48. The molecule has 13 heteroatoms.